The van der Waals surface area contributed by atoms with Crippen LogP contribution in [0.3, 0.4) is 0 Å². The van der Waals surface area contributed by atoms with Gasteiger partial charge in [-0.25, -0.2) is 0 Å². The molecule has 5 nitrogen and oxygen atoms in total. The lowest BCUT2D eigenvalue weighted by Gasteiger charge is -2.21. The highest BCUT2D eigenvalue weighted by molar-refractivity contribution is 5.76. The van der Waals surface area contributed by atoms with Gasteiger partial charge in [0.25, 0.3) is 0 Å². The molecule has 1 heterocycles. The fourth-order valence-electron chi connectivity index (χ4n) is 1.52. The van der Waals surface area contributed by atoms with Crippen molar-refractivity contribution in [2.45, 2.75) is 33.6 Å². The summed E-state index contributed by atoms with van der Waals surface area (Å²) in [4.78, 5) is 11.7. The Morgan fingerprint density at radius 1 is 1.56 bits per heavy atom. The van der Waals surface area contributed by atoms with E-state index in [1.807, 2.05) is 32.5 Å². The molecule has 5 heteroatoms. The molecule has 0 spiro atoms. The molecule has 102 valence electrons. The second-order valence-electron chi connectivity index (χ2n) is 5.48. The number of hydrogen-bond acceptors (Lipinski definition) is 3. The van der Waals surface area contributed by atoms with Crippen molar-refractivity contribution in [3.63, 3.8) is 0 Å². The van der Waals surface area contributed by atoms with Crippen molar-refractivity contribution < 1.29 is 9.90 Å². The third kappa shape index (κ3) is 4.14. The standard InChI is InChI=1S/C13H23N3O2/c1-10-11(7-15-16(10)4)5-6-12(18)14-8-13(2,3)9-17/h7,17H,5-6,8-9H2,1-4H3,(H,14,18). The number of aliphatic hydroxyl groups is 1. The predicted octanol–water partition coefficient (Wildman–Crippen LogP) is 0.796. The molecule has 1 aromatic heterocycles. The zero-order valence-electron chi connectivity index (χ0n) is 11.7. The molecule has 0 aliphatic carbocycles. The average molecular weight is 253 g/mol. The summed E-state index contributed by atoms with van der Waals surface area (Å²) in [6.45, 7) is 6.38. The predicted molar refractivity (Wildman–Crippen MR) is 70.1 cm³/mol. The molecular formula is C13H23N3O2. The maximum absolute atomic E-state index is 11.7. The Morgan fingerprint density at radius 2 is 2.22 bits per heavy atom. The Labute approximate surface area is 108 Å². The quantitative estimate of drug-likeness (QED) is 0.788. The molecular weight excluding hydrogens is 230 g/mol. The Bertz CT molecular complexity index is 410. The molecule has 0 saturated carbocycles. The fraction of sp³-hybridized carbons (Fsp3) is 0.692. The summed E-state index contributed by atoms with van der Waals surface area (Å²) in [5, 5.41) is 16.1. The van der Waals surface area contributed by atoms with Crippen molar-refractivity contribution in [3.05, 3.63) is 17.5 Å². The van der Waals surface area contributed by atoms with E-state index in [4.69, 9.17) is 5.11 Å². The Kier molecular flexibility index (Phi) is 4.90. The van der Waals surface area contributed by atoms with Gasteiger partial charge >= 0.3 is 0 Å². The highest BCUT2D eigenvalue weighted by Gasteiger charge is 2.17. The largest absolute Gasteiger partial charge is 0.396 e. The highest BCUT2D eigenvalue weighted by atomic mass is 16.3. The van der Waals surface area contributed by atoms with Gasteiger partial charge in [-0.1, -0.05) is 13.8 Å². The van der Waals surface area contributed by atoms with E-state index >= 15 is 0 Å². The zero-order valence-corrected chi connectivity index (χ0v) is 11.7. The molecule has 2 N–H and O–H groups in total. The normalized spacial score (nSPS) is 11.6. The van der Waals surface area contributed by atoms with E-state index in [9.17, 15) is 4.79 Å². The molecule has 0 fully saturated rings. The van der Waals surface area contributed by atoms with Gasteiger partial charge in [-0.15, -0.1) is 0 Å². The first-order valence-electron chi connectivity index (χ1n) is 6.21. The lowest BCUT2D eigenvalue weighted by Crippen LogP contribution is -2.36. The van der Waals surface area contributed by atoms with Crippen molar-refractivity contribution in [1.29, 1.82) is 0 Å². The summed E-state index contributed by atoms with van der Waals surface area (Å²) in [5.41, 5.74) is 1.94. The number of aryl methyl sites for hydroxylation is 2. The van der Waals surface area contributed by atoms with Crippen molar-refractivity contribution in [1.82, 2.24) is 15.1 Å². The smallest absolute Gasteiger partial charge is 0.220 e. The summed E-state index contributed by atoms with van der Waals surface area (Å²) in [6, 6.07) is 0. The molecule has 0 aliphatic heterocycles. The van der Waals surface area contributed by atoms with Gasteiger partial charge in [-0.3, -0.25) is 9.48 Å². The van der Waals surface area contributed by atoms with Crippen LogP contribution in [0.4, 0.5) is 0 Å². The van der Waals surface area contributed by atoms with Crippen LogP contribution in [0.2, 0.25) is 0 Å². The summed E-state index contributed by atoms with van der Waals surface area (Å²) >= 11 is 0. The van der Waals surface area contributed by atoms with E-state index in [1.54, 1.807) is 6.20 Å². The minimum absolute atomic E-state index is 0.0137. The first kappa shape index (κ1) is 14.7. The van der Waals surface area contributed by atoms with Gasteiger partial charge in [0.15, 0.2) is 0 Å². The van der Waals surface area contributed by atoms with Crippen LogP contribution in [0.1, 0.15) is 31.5 Å². The molecule has 18 heavy (non-hydrogen) atoms. The minimum atomic E-state index is -0.264. The molecule has 0 aliphatic rings. The van der Waals surface area contributed by atoms with E-state index < -0.39 is 0 Å². The van der Waals surface area contributed by atoms with Crippen LogP contribution in [0.5, 0.6) is 0 Å². The van der Waals surface area contributed by atoms with E-state index in [0.717, 1.165) is 11.3 Å². The Hall–Kier alpha value is -1.36. The summed E-state index contributed by atoms with van der Waals surface area (Å²) in [5.74, 6) is 0.0137. The van der Waals surface area contributed by atoms with Crippen LogP contribution in [0, 0.1) is 12.3 Å². The number of carbonyl (C=O) groups is 1. The summed E-state index contributed by atoms with van der Waals surface area (Å²) < 4.78 is 1.81. The number of aromatic nitrogens is 2. The lowest BCUT2D eigenvalue weighted by atomic mass is 9.95. The molecule has 1 rings (SSSR count). The summed E-state index contributed by atoms with van der Waals surface area (Å²) in [6.07, 6.45) is 2.96. The zero-order chi connectivity index (χ0) is 13.8. The van der Waals surface area contributed by atoms with Crippen molar-refractivity contribution in [3.8, 4) is 0 Å². The minimum Gasteiger partial charge on any atom is -0.396 e. The first-order chi connectivity index (χ1) is 8.35. The lowest BCUT2D eigenvalue weighted by molar-refractivity contribution is -0.121. The number of nitrogens with zero attached hydrogens (tertiary/aromatic N) is 2. The molecule has 0 bridgehead atoms. The van der Waals surface area contributed by atoms with E-state index in [0.29, 0.717) is 19.4 Å². The monoisotopic (exact) mass is 253 g/mol. The molecule has 1 amide bonds. The van der Waals surface area contributed by atoms with E-state index in [1.165, 1.54) is 0 Å². The van der Waals surface area contributed by atoms with Crippen LogP contribution in [0.25, 0.3) is 0 Å². The van der Waals surface area contributed by atoms with Crippen LogP contribution in [-0.4, -0.2) is 33.9 Å². The van der Waals surface area contributed by atoms with Gasteiger partial charge in [-0.2, -0.15) is 5.10 Å². The van der Waals surface area contributed by atoms with Gasteiger partial charge < -0.3 is 10.4 Å². The van der Waals surface area contributed by atoms with E-state index in [2.05, 4.69) is 10.4 Å². The number of nitrogens with one attached hydrogen (secondary N) is 1. The highest BCUT2D eigenvalue weighted by Crippen LogP contribution is 2.12. The van der Waals surface area contributed by atoms with Gasteiger partial charge in [0.1, 0.15) is 0 Å². The Morgan fingerprint density at radius 3 is 2.72 bits per heavy atom. The van der Waals surface area contributed by atoms with Gasteiger partial charge in [0, 0.05) is 37.7 Å². The third-order valence-electron chi connectivity index (χ3n) is 3.15. The maximum atomic E-state index is 11.7. The van der Waals surface area contributed by atoms with E-state index in [-0.39, 0.29) is 17.9 Å². The number of carbonyl (C=O) groups excluding carboxylic acids is 1. The second kappa shape index (κ2) is 6.00. The maximum Gasteiger partial charge on any atom is 0.220 e. The third-order valence-corrected chi connectivity index (χ3v) is 3.15. The van der Waals surface area contributed by atoms with Gasteiger partial charge in [0.2, 0.25) is 5.91 Å². The SMILES string of the molecule is Cc1c(CCC(=O)NCC(C)(C)CO)cnn1C. The van der Waals surface area contributed by atoms with Crippen LogP contribution < -0.4 is 5.32 Å². The van der Waals surface area contributed by atoms with Crippen molar-refractivity contribution >= 4 is 5.91 Å². The van der Waals surface area contributed by atoms with Crippen molar-refractivity contribution in [2.75, 3.05) is 13.2 Å². The van der Waals surface area contributed by atoms with Gasteiger partial charge in [-0.05, 0) is 18.9 Å². The number of hydrogen-bond donors (Lipinski definition) is 2. The molecule has 0 atom stereocenters. The molecule has 0 saturated heterocycles. The van der Waals surface area contributed by atoms with Crippen LogP contribution >= 0.6 is 0 Å². The van der Waals surface area contributed by atoms with Crippen molar-refractivity contribution in [2.24, 2.45) is 12.5 Å². The number of rotatable bonds is 6. The van der Waals surface area contributed by atoms with Crippen LogP contribution in [-0.2, 0) is 18.3 Å². The first-order valence-corrected chi connectivity index (χ1v) is 6.21. The van der Waals surface area contributed by atoms with Gasteiger partial charge in [0.05, 0.1) is 6.20 Å². The van der Waals surface area contributed by atoms with Crippen LogP contribution in [0.15, 0.2) is 6.20 Å². The molecule has 0 aromatic carbocycles. The molecule has 0 unspecified atom stereocenters. The number of amides is 1. The summed E-state index contributed by atoms with van der Waals surface area (Å²) in [7, 11) is 1.89. The fourth-order valence-corrected chi connectivity index (χ4v) is 1.52. The number of aliphatic hydroxyl groups excluding tert-OH is 1. The molecule has 1 aromatic rings. The molecule has 0 radical (unpaired) electrons. The second-order valence-corrected chi connectivity index (χ2v) is 5.48. The Balaban J connectivity index is 2.36. The topological polar surface area (TPSA) is 67.2 Å². The average Bonchev–Trinajstić information content (AvgIpc) is 2.65.